The van der Waals surface area contributed by atoms with Crippen LogP contribution in [-0.4, -0.2) is 60.0 Å². The van der Waals surface area contributed by atoms with Crippen LogP contribution in [0, 0.1) is 0 Å². The predicted molar refractivity (Wildman–Crippen MR) is 106 cm³/mol. The Labute approximate surface area is 170 Å². The van der Waals surface area contributed by atoms with E-state index >= 15 is 0 Å². The molecule has 1 aromatic rings. The molecule has 29 heavy (non-hydrogen) atoms. The highest BCUT2D eigenvalue weighted by Gasteiger charge is 2.39. The van der Waals surface area contributed by atoms with Crippen LogP contribution in [0.2, 0.25) is 0 Å². The van der Waals surface area contributed by atoms with Gasteiger partial charge in [0, 0.05) is 44.7 Å². The number of benzene rings is 1. The van der Waals surface area contributed by atoms with E-state index in [2.05, 4.69) is 29.8 Å². The highest BCUT2D eigenvalue weighted by molar-refractivity contribution is 6.05. The van der Waals surface area contributed by atoms with Gasteiger partial charge < -0.3 is 20.3 Å². The molecule has 0 aromatic heterocycles. The lowest BCUT2D eigenvalue weighted by Gasteiger charge is -2.36. The number of hydrogen-bond acceptors (Lipinski definition) is 6. The van der Waals surface area contributed by atoms with E-state index in [9.17, 15) is 14.4 Å². The highest BCUT2D eigenvalue weighted by Crippen LogP contribution is 2.28. The molecule has 8 nitrogen and oxygen atoms in total. The molecule has 3 aliphatic heterocycles. The molecule has 2 atom stereocenters. The standard InChI is InChI=1S/C21H28N4O4/c1-21(2)12-23-10-15(29-21)9-22-8-13-3-4-16-14(7-13)11-25(20(16)28)17-5-6-18(26)24-19(17)27/h3-4,7,15,17,22-23H,5-6,8-12H2,1-2H3,(H,24,26,27)/t15-,17?/m0/s1. The fourth-order valence-electron chi connectivity index (χ4n) is 4.30. The number of piperidine rings is 1. The number of nitrogens with zero attached hydrogens (tertiary/aromatic N) is 1. The molecular weight excluding hydrogens is 372 g/mol. The van der Waals surface area contributed by atoms with Gasteiger partial charge >= 0.3 is 0 Å². The van der Waals surface area contributed by atoms with Crippen LogP contribution in [0.25, 0.3) is 0 Å². The quantitative estimate of drug-likeness (QED) is 0.615. The Morgan fingerprint density at radius 2 is 2.10 bits per heavy atom. The number of imide groups is 1. The molecule has 8 heteroatoms. The van der Waals surface area contributed by atoms with Crippen molar-refractivity contribution in [3.8, 4) is 0 Å². The molecule has 0 spiro atoms. The van der Waals surface area contributed by atoms with Crippen LogP contribution < -0.4 is 16.0 Å². The topological polar surface area (TPSA) is 99.8 Å². The van der Waals surface area contributed by atoms with Gasteiger partial charge in [-0.2, -0.15) is 0 Å². The number of carbonyl (C=O) groups is 3. The molecule has 3 aliphatic rings. The number of carbonyl (C=O) groups excluding carboxylic acids is 3. The molecule has 2 fully saturated rings. The van der Waals surface area contributed by atoms with Crippen LogP contribution in [0.4, 0.5) is 0 Å². The van der Waals surface area contributed by atoms with Crippen molar-refractivity contribution < 1.29 is 19.1 Å². The first-order valence-electron chi connectivity index (χ1n) is 10.2. The Kier molecular flexibility index (Phi) is 5.42. The normalized spacial score (nSPS) is 26.4. The molecule has 1 aromatic carbocycles. The molecule has 0 bridgehead atoms. The Hall–Kier alpha value is -2.29. The third-order valence-corrected chi connectivity index (χ3v) is 5.70. The van der Waals surface area contributed by atoms with E-state index in [4.69, 9.17) is 4.74 Å². The van der Waals surface area contributed by atoms with Gasteiger partial charge in [0.2, 0.25) is 11.8 Å². The molecule has 3 heterocycles. The maximum atomic E-state index is 12.7. The first-order chi connectivity index (χ1) is 13.8. The van der Waals surface area contributed by atoms with E-state index in [1.165, 1.54) is 0 Å². The van der Waals surface area contributed by atoms with Crippen LogP contribution >= 0.6 is 0 Å². The predicted octanol–water partition coefficient (Wildman–Crippen LogP) is 0.304. The number of morpholine rings is 1. The lowest BCUT2D eigenvalue weighted by atomic mass is 10.0. The molecule has 156 valence electrons. The molecule has 3 N–H and O–H groups in total. The Morgan fingerprint density at radius 1 is 1.28 bits per heavy atom. The van der Waals surface area contributed by atoms with Gasteiger partial charge in [0.05, 0.1) is 11.7 Å². The van der Waals surface area contributed by atoms with Gasteiger partial charge in [0.15, 0.2) is 0 Å². The third kappa shape index (κ3) is 4.34. The summed E-state index contributed by atoms with van der Waals surface area (Å²) in [5.41, 5.74) is 2.50. The second-order valence-electron chi connectivity index (χ2n) is 8.65. The van der Waals surface area contributed by atoms with E-state index in [1.807, 2.05) is 18.2 Å². The lowest BCUT2D eigenvalue weighted by molar-refractivity contribution is -0.136. The van der Waals surface area contributed by atoms with Gasteiger partial charge in [-0.15, -0.1) is 0 Å². The summed E-state index contributed by atoms with van der Waals surface area (Å²) in [5, 5.41) is 9.16. The van der Waals surface area contributed by atoms with Crippen LogP contribution in [0.3, 0.4) is 0 Å². The summed E-state index contributed by atoms with van der Waals surface area (Å²) in [5.74, 6) is -0.796. The lowest BCUT2D eigenvalue weighted by Crippen LogP contribution is -2.53. The summed E-state index contributed by atoms with van der Waals surface area (Å²) >= 11 is 0. The fraction of sp³-hybridized carbons (Fsp3) is 0.571. The van der Waals surface area contributed by atoms with Gasteiger partial charge in [-0.1, -0.05) is 12.1 Å². The minimum Gasteiger partial charge on any atom is -0.368 e. The number of nitrogens with one attached hydrogen (secondary N) is 3. The van der Waals surface area contributed by atoms with E-state index in [0.717, 1.165) is 30.8 Å². The van der Waals surface area contributed by atoms with E-state index in [0.29, 0.717) is 25.1 Å². The summed E-state index contributed by atoms with van der Waals surface area (Å²) in [6, 6.07) is 5.23. The average molecular weight is 400 g/mol. The molecule has 2 saturated heterocycles. The largest absolute Gasteiger partial charge is 0.368 e. The summed E-state index contributed by atoms with van der Waals surface area (Å²) in [6.45, 7) is 7.67. The number of rotatable bonds is 5. The maximum Gasteiger partial charge on any atom is 0.255 e. The zero-order valence-electron chi connectivity index (χ0n) is 16.9. The monoisotopic (exact) mass is 400 g/mol. The van der Waals surface area contributed by atoms with Crippen LogP contribution in [0.1, 0.15) is 48.2 Å². The number of fused-ring (bicyclic) bond motifs is 1. The smallest absolute Gasteiger partial charge is 0.255 e. The zero-order chi connectivity index (χ0) is 20.6. The number of hydrogen-bond donors (Lipinski definition) is 3. The number of amides is 3. The maximum absolute atomic E-state index is 12.7. The van der Waals surface area contributed by atoms with E-state index < -0.39 is 6.04 Å². The Morgan fingerprint density at radius 3 is 2.86 bits per heavy atom. The summed E-state index contributed by atoms with van der Waals surface area (Å²) in [6.07, 6.45) is 0.767. The van der Waals surface area contributed by atoms with Crippen LogP contribution in [-0.2, 0) is 27.4 Å². The van der Waals surface area contributed by atoms with Gasteiger partial charge in [0.25, 0.3) is 5.91 Å². The van der Waals surface area contributed by atoms with Crippen molar-refractivity contribution in [2.45, 2.75) is 57.5 Å². The molecule has 4 rings (SSSR count). The molecule has 0 saturated carbocycles. The first kappa shape index (κ1) is 20.0. The van der Waals surface area contributed by atoms with Crippen molar-refractivity contribution in [1.82, 2.24) is 20.9 Å². The minimum atomic E-state index is -0.575. The average Bonchev–Trinajstić information content (AvgIpc) is 2.97. The van der Waals surface area contributed by atoms with Crippen molar-refractivity contribution in [1.29, 1.82) is 0 Å². The Balaban J connectivity index is 1.35. The van der Waals surface area contributed by atoms with Crippen molar-refractivity contribution in [2.75, 3.05) is 19.6 Å². The van der Waals surface area contributed by atoms with Crippen molar-refractivity contribution in [2.24, 2.45) is 0 Å². The fourth-order valence-corrected chi connectivity index (χ4v) is 4.30. The number of ether oxygens (including phenoxy) is 1. The minimum absolute atomic E-state index is 0.123. The second-order valence-corrected chi connectivity index (χ2v) is 8.65. The zero-order valence-corrected chi connectivity index (χ0v) is 16.9. The van der Waals surface area contributed by atoms with Gasteiger partial charge in [0.1, 0.15) is 6.04 Å². The van der Waals surface area contributed by atoms with Crippen molar-refractivity contribution >= 4 is 17.7 Å². The summed E-state index contributed by atoms with van der Waals surface area (Å²) < 4.78 is 6.06. The van der Waals surface area contributed by atoms with E-state index in [1.54, 1.807) is 4.90 Å². The first-order valence-corrected chi connectivity index (χ1v) is 10.2. The van der Waals surface area contributed by atoms with Crippen LogP contribution in [0.15, 0.2) is 18.2 Å². The molecule has 3 amide bonds. The second kappa shape index (κ2) is 7.85. The van der Waals surface area contributed by atoms with Gasteiger partial charge in [-0.25, -0.2) is 0 Å². The highest BCUT2D eigenvalue weighted by atomic mass is 16.5. The van der Waals surface area contributed by atoms with E-state index in [-0.39, 0.29) is 35.8 Å². The van der Waals surface area contributed by atoms with Gasteiger partial charge in [-0.3, -0.25) is 19.7 Å². The summed E-state index contributed by atoms with van der Waals surface area (Å²) in [7, 11) is 0. The van der Waals surface area contributed by atoms with Crippen molar-refractivity contribution in [3.05, 3.63) is 34.9 Å². The van der Waals surface area contributed by atoms with Crippen LogP contribution in [0.5, 0.6) is 0 Å². The molecule has 1 unspecified atom stereocenters. The SMILES string of the molecule is CC1(C)CNC[C@H](CNCc2ccc3c(c2)CN(C2CCC(=O)NC2=O)C3=O)O1. The molecule has 0 aliphatic carbocycles. The molecular formula is C21H28N4O4. The molecule has 0 radical (unpaired) electrons. The van der Waals surface area contributed by atoms with Crippen molar-refractivity contribution in [3.63, 3.8) is 0 Å². The van der Waals surface area contributed by atoms with Gasteiger partial charge in [-0.05, 0) is 37.5 Å². The summed E-state index contributed by atoms with van der Waals surface area (Å²) in [4.78, 5) is 37.8. The Bertz CT molecular complexity index is 838. The third-order valence-electron chi connectivity index (χ3n) is 5.70.